The van der Waals surface area contributed by atoms with Crippen LogP contribution in [-0.4, -0.2) is 68.8 Å². The van der Waals surface area contributed by atoms with Crippen LogP contribution in [0, 0.1) is 17.8 Å². The predicted octanol–water partition coefficient (Wildman–Crippen LogP) is 6.23. The van der Waals surface area contributed by atoms with E-state index in [1.807, 2.05) is 0 Å². The molecule has 0 rings (SSSR count). The summed E-state index contributed by atoms with van der Waals surface area (Å²) in [6.07, 6.45) is 18.0. The van der Waals surface area contributed by atoms with Crippen molar-refractivity contribution in [3.63, 3.8) is 0 Å². The van der Waals surface area contributed by atoms with E-state index in [2.05, 4.69) is 86.4 Å². The number of rotatable bonds is 26. The van der Waals surface area contributed by atoms with Gasteiger partial charge in [0.05, 0.1) is 17.9 Å². The third kappa shape index (κ3) is 40.4. The van der Waals surface area contributed by atoms with Gasteiger partial charge in [0, 0.05) is 15.7 Å². The minimum absolute atomic E-state index is 0.0368. The Labute approximate surface area is 330 Å². The number of hydrogen-bond acceptors (Lipinski definition) is 11. The number of esters is 1. The first-order valence-corrected chi connectivity index (χ1v) is 22.2. The zero-order valence-electron chi connectivity index (χ0n) is 31.7. The standard InChI is InChI=1S/3C10H20O2S.C7H13O2.Sn/c3*1-3-5-6-8(4-2)7-9(13)10(11)12;1-3-5-6-9-7(8)4-2;/h3*8-9,13H,3-7H2,1-2H3,(H,11,12);2-6H2,1H3;/q;;;;+3/p-3. The normalized spacial score (nSPS) is 14.1. The second kappa shape index (κ2) is 40.5. The minimum atomic E-state index is -1.04. The van der Waals surface area contributed by atoms with E-state index in [4.69, 9.17) is 4.74 Å². The average molecular weight is 858 g/mol. The van der Waals surface area contributed by atoms with Crippen LogP contribution in [0.4, 0.5) is 0 Å². The molecule has 0 spiro atoms. The van der Waals surface area contributed by atoms with Crippen molar-refractivity contribution in [3.8, 4) is 0 Å². The number of carbonyl (C=O) groups is 4. The molecular formula is C37H70O8S3Sn. The molecule has 0 fully saturated rings. The van der Waals surface area contributed by atoms with E-state index in [9.17, 15) is 34.5 Å². The van der Waals surface area contributed by atoms with Gasteiger partial charge in [-0.15, -0.1) is 0 Å². The van der Waals surface area contributed by atoms with E-state index in [0.717, 1.165) is 55.8 Å². The number of unbranched alkanes of at least 4 members (excludes halogenated alkanes) is 4. The second-order valence-corrected chi connectivity index (χ2v) is 15.8. The molecule has 0 aliphatic rings. The van der Waals surface area contributed by atoms with Gasteiger partial charge in [-0.3, -0.25) is 0 Å². The fourth-order valence-corrected chi connectivity index (χ4v) is 6.16. The molecule has 0 aromatic heterocycles. The summed E-state index contributed by atoms with van der Waals surface area (Å²) in [6.45, 7) is 15.4. The van der Waals surface area contributed by atoms with Gasteiger partial charge < -0.3 is 29.7 Å². The molecule has 8 nitrogen and oxygen atoms in total. The molecule has 0 aliphatic heterocycles. The van der Waals surface area contributed by atoms with Crippen LogP contribution in [0.2, 0.25) is 4.44 Å². The van der Waals surface area contributed by atoms with E-state index in [1.54, 1.807) is 0 Å². The Balaban J connectivity index is -0.000000277. The number of carboxylic acid groups (broad SMARTS) is 3. The molecule has 12 heteroatoms. The quantitative estimate of drug-likeness (QED) is 0.0402. The molecule has 0 aromatic carbocycles. The number of carbonyl (C=O) groups excluding carboxylic acids is 4. The average Bonchev–Trinajstić information content (AvgIpc) is 3.07. The number of thiol groups is 3. The fraction of sp³-hybridized carbons (Fsp3) is 0.892. The summed E-state index contributed by atoms with van der Waals surface area (Å²) in [4.78, 5) is 42.0. The third-order valence-corrected chi connectivity index (χ3v) is 10.2. The topological polar surface area (TPSA) is 147 Å². The number of ether oxygens (including phenoxy) is 1. The van der Waals surface area contributed by atoms with Crippen LogP contribution < -0.4 is 15.3 Å². The molecule has 0 aliphatic carbocycles. The molecule has 0 amide bonds. The van der Waals surface area contributed by atoms with Crippen molar-refractivity contribution in [2.45, 2.75) is 184 Å². The Morgan fingerprint density at radius 1 is 0.551 bits per heavy atom. The molecule has 0 radical (unpaired) electrons. The van der Waals surface area contributed by atoms with Gasteiger partial charge in [0.25, 0.3) is 0 Å². The SMILES string of the molecule is CCCCC(CC)CC(S)C(=O)[O-].CCCCC(CC)CC(S)C(=O)[O-].CCCCC(CC)CC(S)C(=O)[O-].CCCCOC(=O)C[CH2][Sn+3]. The second-order valence-electron chi connectivity index (χ2n) is 12.5. The van der Waals surface area contributed by atoms with Gasteiger partial charge >= 0.3 is 75.3 Å². The summed E-state index contributed by atoms with van der Waals surface area (Å²) in [5.74, 6) is -1.71. The molecule has 288 valence electrons. The molecule has 49 heavy (non-hydrogen) atoms. The Morgan fingerprint density at radius 3 is 1.04 bits per heavy atom. The van der Waals surface area contributed by atoms with Gasteiger partial charge in [-0.05, 0) is 37.0 Å². The van der Waals surface area contributed by atoms with Crippen molar-refractivity contribution in [2.75, 3.05) is 6.61 Å². The van der Waals surface area contributed by atoms with Gasteiger partial charge in [-0.25, -0.2) is 0 Å². The molecule has 0 heterocycles. The first kappa shape index (κ1) is 55.5. The molecular weight excluding hydrogens is 787 g/mol. The van der Waals surface area contributed by atoms with Gasteiger partial charge in [-0.1, -0.05) is 119 Å². The van der Waals surface area contributed by atoms with E-state index in [-0.39, 0.29) is 5.97 Å². The summed E-state index contributed by atoms with van der Waals surface area (Å²) in [5, 5.41) is 29.5. The van der Waals surface area contributed by atoms with Crippen molar-refractivity contribution in [2.24, 2.45) is 17.8 Å². The summed E-state index contributed by atoms with van der Waals surface area (Å²) in [6, 6.07) is 0. The third-order valence-electron chi connectivity index (χ3n) is 8.21. The van der Waals surface area contributed by atoms with Gasteiger partial charge in [0.15, 0.2) is 0 Å². The maximum absolute atomic E-state index is 10.7. The van der Waals surface area contributed by atoms with Crippen LogP contribution in [-0.2, 0) is 23.9 Å². The van der Waals surface area contributed by atoms with Crippen LogP contribution in [0.5, 0.6) is 0 Å². The molecule has 0 saturated carbocycles. The molecule has 0 N–H and O–H groups in total. The van der Waals surface area contributed by atoms with E-state index in [1.165, 1.54) is 61.0 Å². The Bertz CT molecular complexity index is 710. The molecule has 6 unspecified atom stereocenters. The van der Waals surface area contributed by atoms with Gasteiger partial charge in [0.1, 0.15) is 0 Å². The zero-order valence-corrected chi connectivity index (χ0v) is 37.3. The zero-order chi connectivity index (χ0) is 38.6. The number of aliphatic carboxylic acids is 3. The molecule has 0 bridgehead atoms. The van der Waals surface area contributed by atoms with Crippen molar-refractivity contribution >= 4 is 84.3 Å². The maximum atomic E-state index is 10.7. The fourth-order valence-electron chi connectivity index (χ4n) is 4.68. The van der Waals surface area contributed by atoms with Crippen molar-refractivity contribution < 1.29 is 39.2 Å². The van der Waals surface area contributed by atoms with Crippen molar-refractivity contribution in [1.82, 2.24) is 0 Å². The molecule has 0 aromatic rings. The number of carboxylic acids is 3. The van der Waals surface area contributed by atoms with Crippen LogP contribution in [0.15, 0.2) is 0 Å². The van der Waals surface area contributed by atoms with E-state index in [0.29, 0.717) is 50.0 Å². The molecule has 6 atom stereocenters. The Kier molecular flexibility index (Phi) is 45.9. The molecule has 0 saturated heterocycles. The van der Waals surface area contributed by atoms with Gasteiger partial charge in [0.2, 0.25) is 0 Å². The van der Waals surface area contributed by atoms with Gasteiger partial charge in [-0.2, -0.15) is 37.9 Å². The Hall–Kier alpha value is -0.271. The first-order valence-electron chi connectivity index (χ1n) is 18.6. The summed E-state index contributed by atoms with van der Waals surface area (Å²) >= 11 is 13.3. The Morgan fingerprint density at radius 2 is 0.837 bits per heavy atom. The summed E-state index contributed by atoms with van der Waals surface area (Å²) in [5.41, 5.74) is 0. The van der Waals surface area contributed by atoms with Crippen LogP contribution in [0.3, 0.4) is 0 Å². The van der Waals surface area contributed by atoms with Crippen LogP contribution >= 0.6 is 37.9 Å². The van der Waals surface area contributed by atoms with E-state index < -0.39 is 33.7 Å². The predicted molar refractivity (Wildman–Crippen MR) is 208 cm³/mol. The van der Waals surface area contributed by atoms with Crippen LogP contribution in [0.1, 0.15) is 164 Å². The first-order chi connectivity index (χ1) is 23.1. The van der Waals surface area contributed by atoms with Crippen molar-refractivity contribution in [3.05, 3.63) is 0 Å². The summed E-state index contributed by atoms with van der Waals surface area (Å²) < 4.78 is 5.87. The van der Waals surface area contributed by atoms with Crippen molar-refractivity contribution in [1.29, 1.82) is 0 Å². The number of hydrogen-bond donors (Lipinski definition) is 3. The van der Waals surface area contributed by atoms with E-state index >= 15 is 0 Å². The monoisotopic (exact) mass is 858 g/mol. The summed E-state index contributed by atoms with van der Waals surface area (Å²) in [7, 11) is 0. The van der Waals surface area contributed by atoms with Crippen LogP contribution in [0.25, 0.3) is 0 Å².